The fourth-order valence-electron chi connectivity index (χ4n) is 2.17. The van der Waals surface area contributed by atoms with Crippen LogP contribution in [0.25, 0.3) is 0 Å². The van der Waals surface area contributed by atoms with E-state index in [0.29, 0.717) is 5.41 Å². The van der Waals surface area contributed by atoms with Crippen LogP contribution in [0.15, 0.2) is 0 Å². The lowest BCUT2D eigenvalue weighted by Gasteiger charge is -2.38. The monoisotopic (exact) mass is 198 g/mol. The third kappa shape index (κ3) is 4.02. The predicted molar refractivity (Wildman–Crippen MR) is 66.5 cm³/mol. The van der Waals surface area contributed by atoms with Crippen LogP contribution >= 0.6 is 0 Å². The van der Waals surface area contributed by atoms with E-state index in [-0.39, 0.29) is 0 Å². The summed E-state index contributed by atoms with van der Waals surface area (Å²) in [7, 11) is 0. The molecule has 0 N–H and O–H groups in total. The molecule has 0 saturated carbocycles. The van der Waals surface area contributed by atoms with E-state index in [4.69, 9.17) is 0 Å². The minimum absolute atomic E-state index is 0.519. The highest BCUT2D eigenvalue weighted by Crippen LogP contribution is 2.39. The molecule has 0 aromatic heterocycles. The molecule has 0 heteroatoms. The minimum atomic E-state index is 0.519. The lowest BCUT2D eigenvalue weighted by Crippen LogP contribution is -2.29. The van der Waals surface area contributed by atoms with Crippen LogP contribution in [0.1, 0.15) is 73.6 Å². The summed E-state index contributed by atoms with van der Waals surface area (Å²) in [6, 6.07) is 0. The van der Waals surface area contributed by atoms with Crippen LogP contribution in [0.3, 0.4) is 0 Å². The van der Waals surface area contributed by atoms with Gasteiger partial charge in [0, 0.05) is 0 Å². The first-order valence-electron chi connectivity index (χ1n) is 6.46. The van der Waals surface area contributed by atoms with E-state index in [1.54, 1.807) is 0 Å². The van der Waals surface area contributed by atoms with Crippen LogP contribution in [0.5, 0.6) is 0 Å². The zero-order valence-corrected chi connectivity index (χ0v) is 11.2. The summed E-state index contributed by atoms with van der Waals surface area (Å²) in [4.78, 5) is 0. The topological polar surface area (TPSA) is 0 Å². The summed E-state index contributed by atoms with van der Waals surface area (Å²) >= 11 is 0. The van der Waals surface area contributed by atoms with Crippen LogP contribution in [0.2, 0.25) is 0 Å². The van der Waals surface area contributed by atoms with Crippen molar-refractivity contribution in [1.82, 2.24) is 0 Å². The van der Waals surface area contributed by atoms with Gasteiger partial charge in [-0.1, -0.05) is 73.6 Å². The van der Waals surface area contributed by atoms with Crippen molar-refractivity contribution in [3.05, 3.63) is 0 Å². The average molecular weight is 198 g/mol. The molecule has 0 saturated heterocycles. The third-order valence-corrected chi connectivity index (χ3v) is 4.25. The van der Waals surface area contributed by atoms with Gasteiger partial charge in [0.05, 0.1) is 0 Å². The van der Waals surface area contributed by atoms with Crippen LogP contribution in [0.4, 0.5) is 0 Å². The Hall–Kier alpha value is 0. The summed E-state index contributed by atoms with van der Waals surface area (Å²) in [5.74, 6) is 1.73. The van der Waals surface area contributed by atoms with E-state index in [9.17, 15) is 0 Å². The fraction of sp³-hybridized carbons (Fsp3) is 1.00. The van der Waals surface area contributed by atoms with Gasteiger partial charge in [-0.25, -0.2) is 0 Å². The summed E-state index contributed by atoms with van der Waals surface area (Å²) in [6.45, 7) is 14.3. The molecule has 0 bridgehead atoms. The first-order chi connectivity index (χ1) is 6.46. The number of hydrogen-bond donors (Lipinski definition) is 0. The molecule has 0 amide bonds. The molecular weight excluding hydrogens is 168 g/mol. The van der Waals surface area contributed by atoms with E-state index in [2.05, 4.69) is 41.5 Å². The van der Waals surface area contributed by atoms with Crippen LogP contribution in [0, 0.1) is 17.3 Å². The van der Waals surface area contributed by atoms with Gasteiger partial charge in [-0.15, -0.1) is 0 Å². The van der Waals surface area contributed by atoms with Crippen molar-refractivity contribution in [2.24, 2.45) is 17.3 Å². The molecule has 86 valence electrons. The number of unbranched alkanes of at least 4 members (excludes halogenated alkanes) is 1. The van der Waals surface area contributed by atoms with Crippen molar-refractivity contribution in [2.45, 2.75) is 73.6 Å². The summed E-state index contributed by atoms with van der Waals surface area (Å²) < 4.78 is 0. The van der Waals surface area contributed by atoms with Gasteiger partial charge in [0.25, 0.3) is 0 Å². The van der Waals surface area contributed by atoms with Crippen LogP contribution in [-0.2, 0) is 0 Å². The molecule has 0 spiro atoms. The van der Waals surface area contributed by atoms with Crippen molar-refractivity contribution in [2.75, 3.05) is 0 Å². The average Bonchev–Trinajstić information content (AvgIpc) is 2.14. The molecule has 0 fully saturated rings. The molecule has 0 aliphatic rings. The van der Waals surface area contributed by atoms with E-state index in [0.717, 1.165) is 11.8 Å². The second kappa shape index (κ2) is 6.48. The van der Waals surface area contributed by atoms with Crippen LogP contribution in [-0.4, -0.2) is 0 Å². The zero-order valence-electron chi connectivity index (χ0n) is 11.2. The SMILES string of the molecule is CCCCC(C)C(C)(C)C(C)CCC. The van der Waals surface area contributed by atoms with Gasteiger partial charge < -0.3 is 0 Å². The smallest absolute Gasteiger partial charge is 0.0303 e. The first kappa shape index (κ1) is 14.0. The van der Waals surface area contributed by atoms with Gasteiger partial charge in [-0.05, 0) is 17.3 Å². The highest BCUT2D eigenvalue weighted by molar-refractivity contribution is 4.80. The van der Waals surface area contributed by atoms with Gasteiger partial charge in [-0.2, -0.15) is 0 Å². The maximum absolute atomic E-state index is 2.45. The number of rotatable bonds is 7. The minimum Gasteiger partial charge on any atom is -0.0654 e. The normalized spacial score (nSPS) is 16.7. The summed E-state index contributed by atoms with van der Waals surface area (Å²) in [5.41, 5.74) is 0.519. The molecule has 0 nitrogen and oxygen atoms in total. The van der Waals surface area contributed by atoms with E-state index >= 15 is 0 Å². The summed E-state index contributed by atoms with van der Waals surface area (Å²) in [5, 5.41) is 0. The standard InChI is InChI=1S/C14H30/c1-7-9-11-13(4)14(5,6)12(3)10-8-2/h12-13H,7-11H2,1-6H3. The van der Waals surface area contributed by atoms with E-state index in [1.807, 2.05) is 0 Å². The molecule has 0 aromatic rings. The predicted octanol–water partition coefficient (Wildman–Crippen LogP) is 5.28. The highest BCUT2D eigenvalue weighted by Gasteiger charge is 2.30. The Bertz CT molecular complexity index is 135. The Morgan fingerprint density at radius 2 is 1.36 bits per heavy atom. The molecule has 0 rings (SSSR count). The van der Waals surface area contributed by atoms with Crippen molar-refractivity contribution >= 4 is 0 Å². The van der Waals surface area contributed by atoms with Gasteiger partial charge >= 0.3 is 0 Å². The molecule has 0 aromatic carbocycles. The quantitative estimate of drug-likeness (QED) is 0.522. The lowest BCUT2D eigenvalue weighted by atomic mass is 9.68. The second-order valence-electron chi connectivity index (χ2n) is 5.55. The summed E-state index contributed by atoms with van der Waals surface area (Å²) in [6.07, 6.45) is 6.83. The van der Waals surface area contributed by atoms with Gasteiger partial charge in [-0.3, -0.25) is 0 Å². The fourth-order valence-corrected chi connectivity index (χ4v) is 2.17. The largest absolute Gasteiger partial charge is 0.0654 e. The third-order valence-electron chi connectivity index (χ3n) is 4.25. The van der Waals surface area contributed by atoms with Crippen molar-refractivity contribution in [1.29, 1.82) is 0 Å². The zero-order chi connectivity index (χ0) is 11.2. The van der Waals surface area contributed by atoms with E-state index < -0.39 is 0 Å². The Kier molecular flexibility index (Phi) is 6.48. The van der Waals surface area contributed by atoms with Crippen molar-refractivity contribution in [3.63, 3.8) is 0 Å². The highest BCUT2D eigenvalue weighted by atomic mass is 14.4. The maximum atomic E-state index is 2.45. The molecule has 0 radical (unpaired) electrons. The first-order valence-corrected chi connectivity index (χ1v) is 6.46. The van der Waals surface area contributed by atoms with Gasteiger partial charge in [0.1, 0.15) is 0 Å². The second-order valence-corrected chi connectivity index (χ2v) is 5.55. The van der Waals surface area contributed by atoms with Crippen LogP contribution < -0.4 is 0 Å². The Morgan fingerprint density at radius 1 is 0.857 bits per heavy atom. The Labute approximate surface area is 91.5 Å². The molecule has 14 heavy (non-hydrogen) atoms. The van der Waals surface area contributed by atoms with E-state index in [1.165, 1.54) is 32.1 Å². The molecule has 0 aliphatic carbocycles. The van der Waals surface area contributed by atoms with Gasteiger partial charge in [0.15, 0.2) is 0 Å². The molecule has 2 unspecified atom stereocenters. The molecule has 0 heterocycles. The molecule has 0 aliphatic heterocycles. The Balaban J connectivity index is 4.12. The lowest BCUT2D eigenvalue weighted by molar-refractivity contribution is 0.121. The van der Waals surface area contributed by atoms with Crippen molar-refractivity contribution in [3.8, 4) is 0 Å². The number of hydrogen-bond acceptors (Lipinski definition) is 0. The molecule has 2 atom stereocenters. The Morgan fingerprint density at radius 3 is 1.79 bits per heavy atom. The maximum Gasteiger partial charge on any atom is -0.0303 e. The van der Waals surface area contributed by atoms with Crippen molar-refractivity contribution < 1.29 is 0 Å². The molecular formula is C14H30. The van der Waals surface area contributed by atoms with Gasteiger partial charge in [0.2, 0.25) is 0 Å².